The zero-order chi connectivity index (χ0) is 14.3. The Kier molecular flexibility index (Phi) is 6.53. The van der Waals surface area contributed by atoms with Crippen molar-refractivity contribution >= 4 is 40.0 Å². The van der Waals surface area contributed by atoms with Gasteiger partial charge in [0.15, 0.2) is 5.82 Å². The number of aromatic nitrogens is 1. The molecule has 0 radical (unpaired) electrons. The molecule has 19 heavy (non-hydrogen) atoms. The van der Waals surface area contributed by atoms with Gasteiger partial charge in [-0.15, -0.1) is 18.2 Å². The quantitative estimate of drug-likeness (QED) is 0.527. The molecule has 1 rings (SSSR count). The molecule has 1 aromatic heterocycles. The standard InChI is InChI=1S/C12H18N4OS2/c1-4-6-18-7-5-14-12-9(10(13)16-19-12)11(17)15-8(2)3/h1,8,14H,5-7H2,2-3H3,(H2,13,16)(H,15,17). The van der Waals surface area contributed by atoms with E-state index in [0.29, 0.717) is 16.3 Å². The molecule has 0 aromatic carbocycles. The van der Waals surface area contributed by atoms with Gasteiger partial charge < -0.3 is 16.4 Å². The van der Waals surface area contributed by atoms with Crippen LogP contribution >= 0.6 is 23.3 Å². The summed E-state index contributed by atoms with van der Waals surface area (Å²) >= 11 is 2.86. The van der Waals surface area contributed by atoms with Crippen molar-refractivity contribution in [3.63, 3.8) is 0 Å². The molecule has 0 atom stereocenters. The van der Waals surface area contributed by atoms with Gasteiger partial charge in [0.1, 0.15) is 10.6 Å². The molecule has 0 aliphatic rings. The first-order valence-corrected chi connectivity index (χ1v) is 7.80. The third-order valence-electron chi connectivity index (χ3n) is 2.08. The van der Waals surface area contributed by atoms with Crippen molar-refractivity contribution in [2.45, 2.75) is 19.9 Å². The van der Waals surface area contributed by atoms with Crippen LogP contribution in [0.25, 0.3) is 0 Å². The number of hydrogen-bond acceptors (Lipinski definition) is 6. The number of nitrogens with one attached hydrogen (secondary N) is 2. The van der Waals surface area contributed by atoms with E-state index in [9.17, 15) is 4.79 Å². The van der Waals surface area contributed by atoms with Crippen LogP contribution in [0.4, 0.5) is 10.8 Å². The molecule has 0 aliphatic carbocycles. The second kappa shape index (κ2) is 7.92. The number of hydrogen-bond donors (Lipinski definition) is 3. The van der Waals surface area contributed by atoms with Gasteiger partial charge >= 0.3 is 0 Å². The summed E-state index contributed by atoms with van der Waals surface area (Å²) in [5, 5.41) is 6.69. The van der Waals surface area contributed by atoms with Crippen molar-refractivity contribution in [2.75, 3.05) is 29.1 Å². The summed E-state index contributed by atoms with van der Waals surface area (Å²) in [6, 6.07) is 0.0610. The summed E-state index contributed by atoms with van der Waals surface area (Å²) < 4.78 is 4.02. The van der Waals surface area contributed by atoms with Gasteiger partial charge in [0.2, 0.25) is 0 Å². The number of carbonyl (C=O) groups excluding carboxylic acids is 1. The van der Waals surface area contributed by atoms with Crippen molar-refractivity contribution in [3.8, 4) is 12.3 Å². The van der Waals surface area contributed by atoms with Gasteiger partial charge in [0.25, 0.3) is 5.91 Å². The van der Waals surface area contributed by atoms with Crippen LogP contribution in [-0.2, 0) is 0 Å². The molecule has 5 nitrogen and oxygen atoms in total. The molecular weight excluding hydrogens is 280 g/mol. The average Bonchev–Trinajstić information content (AvgIpc) is 2.69. The highest BCUT2D eigenvalue weighted by Crippen LogP contribution is 2.26. The van der Waals surface area contributed by atoms with Crippen molar-refractivity contribution < 1.29 is 4.79 Å². The maximum absolute atomic E-state index is 12.0. The van der Waals surface area contributed by atoms with E-state index < -0.39 is 0 Å². The molecule has 4 N–H and O–H groups in total. The molecule has 0 aliphatic heterocycles. The molecule has 0 bridgehead atoms. The molecule has 1 aromatic rings. The zero-order valence-corrected chi connectivity index (χ0v) is 12.7. The highest BCUT2D eigenvalue weighted by molar-refractivity contribution is 7.99. The van der Waals surface area contributed by atoms with Gasteiger partial charge in [-0.05, 0) is 25.4 Å². The minimum absolute atomic E-state index is 0.0610. The Labute approximate surface area is 121 Å². The van der Waals surface area contributed by atoms with E-state index in [1.807, 2.05) is 13.8 Å². The Balaban J connectivity index is 2.59. The molecule has 0 unspecified atom stereocenters. The van der Waals surface area contributed by atoms with Crippen LogP contribution in [0.2, 0.25) is 0 Å². The molecule has 1 amide bonds. The van der Waals surface area contributed by atoms with Crippen LogP contribution in [0.15, 0.2) is 0 Å². The monoisotopic (exact) mass is 298 g/mol. The molecule has 0 spiro atoms. The van der Waals surface area contributed by atoms with Crippen molar-refractivity contribution in [1.29, 1.82) is 0 Å². The Morgan fingerprint density at radius 3 is 3.00 bits per heavy atom. The lowest BCUT2D eigenvalue weighted by atomic mass is 10.2. The summed E-state index contributed by atoms with van der Waals surface area (Å²) in [5.74, 6) is 4.19. The average molecular weight is 298 g/mol. The number of nitrogen functional groups attached to an aromatic ring is 1. The SMILES string of the molecule is C#CCSCCNc1snc(N)c1C(=O)NC(C)C. The van der Waals surface area contributed by atoms with Gasteiger partial charge in [0, 0.05) is 18.3 Å². The minimum atomic E-state index is -0.194. The molecule has 104 valence electrons. The van der Waals surface area contributed by atoms with Crippen LogP contribution in [0, 0.1) is 12.3 Å². The van der Waals surface area contributed by atoms with E-state index in [1.54, 1.807) is 11.8 Å². The number of rotatable bonds is 7. The number of thioether (sulfide) groups is 1. The molecule has 0 saturated carbocycles. The predicted octanol–water partition coefficient (Wildman–Crippen LogP) is 1.64. The molecular formula is C12H18N4OS2. The lowest BCUT2D eigenvalue weighted by Crippen LogP contribution is -2.31. The van der Waals surface area contributed by atoms with Crippen LogP contribution in [-0.4, -0.2) is 34.4 Å². The second-order valence-electron chi connectivity index (χ2n) is 4.08. The Morgan fingerprint density at radius 1 is 1.63 bits per heavy atom. The molecule has 7 heteroatoms. The second-order valence-corrected chi connectivity index (χ2v) is 5.96. The normalized spacial score (nSPS) is 10.2. The van der Waals surface area contributed by atoms with Crippen molar-refractivity contribution in [1.82, 2.24) is 9.69 Å². The summed E-state index contributed by atoms with van der Waals surface area (Å²) in [4.78, 5) is 12.0. The third kappa shape index (κ3) is 5.01. The first kappa shape index (κ1) is 15.7. The van der Waals surface area contributed by atoms with E-state index in [1.165, 1.54) is 11.5 Å². The first-order valence-electron chi connectivity index (χ1n) is 5.87. The topological polar surface area (TPSA) is 80.0 Å². The predicted molar refractivity (Wildman–Crippen MR) is 83.8 cm³/mol. The number of terminal acetylenes is 1. The van der Waals surface area contributed by atoms with E-state index in [-0.39, 0.29) is 17.8 Å². The smallest absolute Gasteiger partial charge is 0.258 e. The number of nitrogens with zero attached hydrogens (tertiary/aromatic N) is 1. The van der Waals surface area contributed by atoms with Crippen LogP contribution in [0.3, 0.4) is 0 Å². The van der Waals surface area contributed by atoms with E-state index in [0.717, 1.165) is 12.3 Å². The fourth-order valence-electron chi connectivity index (χ4n) is 1.34. The maximum atomic E-state index is 12.0. The number of nitrogens with two attached hydrogens (primary N) is 1. The summed E-state index contributed by atoms with van der Waals surface area (Å²) in [7, 11) is 0. The third-order valence-corrected chi connectivity index (χ3v) is 3.77. The summed E-state index contributed by atoms with van der Waals surface area (Å²) in [6.45, 7) is 4.52. The van der Waals surface area contributed by atoms with Gasteiger partial charge in [-0.2, -0.15) is 4.37 Å². The zero-order valence-electron chi connectivity index (χ0n) is 11.0. The lowest BCUT2D eigenvalue weighted by molar-refractivity contribution is 0.0945. The number of amides is 1. The summed E-state index contributed by atoms with van der Waals surface area (Å²) in [6.07, 6.45) is 5.17. The van der Waals surface area contributed by atoms with Crippen molar-refractivity contribution in [2.24, 2.45) is 0 Å². The fourth-order valence-corrected chi connectivity index (χ4v) is 2.59. The summed E-state index contributed by atoms with van der Waals surface area (Å²) in [5.41, 5.74) is 6.17. The van der Waals surface area contributed by atoms with E-state index in [2.05, 4.69) is 20.9 Å². The van der Waals surface area contributed by atoms with Gasteiger partial charge in [0.05, 0.1) is 5.75 Å². The van der Waals surface area contributed by atoms with Gasteiger partial charge in [-0.1, -0.05) is 5.92 Å². The van der Waals surface area contributed by atoms with Gasteiger partial charge in [-0.25, -0.2) is 0 Å². The fraction of sp³-hybridized carbons (Fsp3) is 0.500. The lowest BCUT2D eigenvalue weighted by Gasteiger charge is -2.10. The van der Waals surface area contributed by atoms with Crippen LogP contribution < -0.4 is 16.4 Å². The molecule has 1 heterocycles. The number of anilines is 2. The van der Waals surface area contributed by atoms with Crippen LogP contribution in [0.5, 0.6) is 0 Å². The maximum Gasteiger partial charge on any atom is 0.258 e. The molecule has 0 fully saturated rings. The largest absolute Gasteiger partial charge is 0.382 e. The van der Waals surface area contributed by atoms with Crippen molar-refractivity contribution in [3.05, 3.63) is 5.56 Å². The number of carbonyl (C=O) groups is 1. The molecule has 0 saturated heterocycles. The highest BCUT2D eigenvalue weighted by atomic mass is 32.2. The van der Waals surface area contributed by atoms with E-state index >= 15 is 0 Å². The first-order chi connectivity index (χ1) is 9.06. The Hall–Kier alpha value is -1.39. The minimum Gasteiger partial charge on any atom is -0.382 e. The Bertz CT molecular complexity index is 465. The van der Waals surface area contributed by atoms with Crippen LogP contribution in [0.1, 0.15) is 24.2 Å². The van der Waals surface area contributed by atoms with Gasteiger partial charge in [-0.3, -0.25) is 4.79 Å². The highest BCUT2D eigenvalue weighted by Gasteiger charge is 2.19. The van der Waals surface area contributed by atoms with E-state index in [4.69, 9.17) is 12.2 Å². The Morgan fingerprint density at radius 2 is 2.37 bits per heavy atom.